The van der Waals surface area contributed by atoms with E-state index in [0.29, 0.717) is 0 Å². The van der Waals surface area contributed by atoms with E-state index in [4.69, 9.17) is 5.53 Å². The van der Waals surface area contributed by atoms with Gasteiger partial charge in [0, 0.05) is 0 Å². The minimum Gasteiger partial charge on any atom is -0.210 e. The van der Waals surface area contributed by atoms with Crippen molar-refractivity contribution in [3.63, 3.8) is 0 Å². The van der Waals surface area contributed by atoms with Gasteiger partial charge in [0.1, 0.15) is 0 Å². The first-order valence-corrected chi connectivity index (χ1v) is 7.83. The van der Waals surface area contributed by atoms with E-state index in [1.807, 2.05) is 61.5 Å². The molecule has 0 radical (unpaired) electrons. The van der Waals surface area contributed by atoms with E-state index in [2.05, 4.69) is 41.5 Å². The van der Waals surface area contributed by atoms with Gasteiger partial charge in [-0.15, -0.1) is 0 Å². The lowest BCUT2D eigenvalue weighted by molar-refractivity contribution is 0.483. The Morgan fingerprint density at radius 1 is 0.652 bits per heavy atom. The van der Waals surface area contributed by atoms with Gasteiger partial charge < -0.3 is 0 Å². The summed E-state index contributed by atoms with van der Waals surface area (Å²) in [6.45, 7) is 2.01. The molecular weight excluding hydrogens is 280 g/mol. The second-order valence-electron chi connectivity index (χ2n) is 5.71. The molecular formula is C21H20N2. The maximum Gasteiger partial charge on any atom is 0.0855 e. The van der Waals surface area contributed by atoms with Crippen molar-refractivity contribution in [2.45, 2.75) is 18.4 Å². The molecule has 0 bridgehead atoms. The third kappa shape index (κ3) is 2.57. The normalized spacial score (nSPS) is 12.6. The topological polar surface area (TPSA) is 36.2 Å². The molecule has 23 heavy (non-hydrogen) atoms. The number of hydrogen-bond donors (Lipinski definition) is 1. The van der Waals surface area contributed by atoms with E-state index in [1.54, 1.807) is 0 Å². The monoisotopic (exact) mass is 300 g/mol. The Labute approximate surface area is 137 Å². The van der Waals surface area contributed by atoms with Gasteiger partial charge in [-0.3, -0.25) is 0 Å². The Morgan fingerprint density at radius 3 is 1.22 bits per heavy atom. The fourth-order valence-corrected chi connectivity index (χ4v) is 3.42. The molecule has 0 aliphatic rings. The summed E-state index contributed by atoms with van der Waals surface area (Å²) in [5.74, 6) is 0. The van der Waals surface area contributed by atoms with Gasteiger partial charge >= 0.3 is 0 Å². The Morgan fingerprint density at radius 2 is 0.957 bits per heavy atom. The molecule has 0 fully saturated rings. The minimum absolute atomic E-state index is 0.213. The van der Waals surface area contributed by atoms with Crippen LogP contribution in [0, 0.1) is 5.53 Å². The Balaban J connectivity index is 2.38. The second kappa shape index (κ2) is 6.57. The van der Waals surface area contributed by atoms with Crippen LogP contribution in [0.3, 0.4) is 0 Å². The predicted molar refractivity (Wildman–Crippen MR) is 93.8 cm³/mol. The molecule has 0 aromatic heterocycles. The van der Waals surface area contributed by atoms with Gasteiger partial charge in [0.25, 0.3) is 0 Å². The average molecular weight is 300 g/mol. The molecule has 1 unspecified atom stereocenters. The molecule has 1 N–H and O–H groups in total. The van der Waals surface area contributed by atoms with Gasteiger partial charge in [0.15, 0.2) is 0 Å². The molecule has 0 aliphatic heterocycles. The highest BCUT2D eigenvalue weighted by molar-refractivity contribution is 5.52. The molecule has 0 amide bonds. The van der Waals surface area contributed by atoms with Crippen LogP contribution in [0.15, 0.2) is 96.1 Å². The van der Waals surface area contributed by atoms with Crippen LogP contribution in [0.2, 0.25) is 0 Å². The zero-order valence-corrected chi connectivity index (χ0v) is 13.2. The summed E-state index contributed by atoms with van der Waals surface area (Å²) < 4.78 is 0. The standard InChI is InChI=1S/C21H20N2/c1-17(23-22)21(18-11-5-2-6-12-18,19-13-7-3-8-14-19)20-15-9-4-10-16-20/h2-17,22H,1H3. The highest BCUT2D eigenvalue weighted by Crippen LogP contribution is 2.43. The van der Waals surface area contributed by atoms with Crippen molar-refractivity contribution in [1.82, 2.24) is 0 Å². The van der Waals surface area contributed by atoms with Crippen molar-refractivity contribution in [3.05, 3.63) is 108 Å². The summed E-state index contributed by atoms with van der Waals surface area (Å²) in [5, 5.41) is 3.94. The highest BCUT2D eigenvalue weighted by Gasteiger charge is 2.41. The summed E-state index contributed by atoms with van der Waals surface area (Å²) in [4.78, 5) is 0. The van der Waals surface area contributed by atoms with Gasteiger partial charge in [0.05, 0.1) is 11.5 Å². The lowest BCUT2D eigenvalue weighted by atomic mass is 9.65. The predicted octanol–water partition coefficient (Wildman–Crippen LogP) is 5.44. The molecule has 0 heterocycles. The molecule has 0 saturated heterocycles. The van der Waals surface area contributed by atoms with Crippen LogP contribution in [0.1, 0.15) is 23.6 Å². The van der Waals surface area contributed by atoms with E-state index in [9.17, 15) is 0 Å². The van der Waals surface area contributed by atoms with Gasteiger partial charge in [0.2, 0.25) is 0 Å². The lowest BCUT2D eigenvalue weighted by Gasteiger charge is -2.38. The number of nitrogens with one attached hydrogen (secondary N) is 1. The van der Waals surface area contributed by atoms with E-state index in [0.717, 1.165) is 16.7 Å². The molecule has 3 aromatic rings. The first-order chi connectivity index (χ1) is 11.3. The lowest BCUT2D eigenvalue weighted by Crippen LogP contribution is -2.39. The van der Waals surface area contributed by atoms with Crippen LogP contribution >= 0.6 is 0 Å². The molecule has 0 saturated carbocycles. The molecule has 114 valence electrons. The largest absolute Gasteiger partial charge is 0.210 e. The third-order valence-electron chi connectivity index (χ3n) is 4.51. The summed E-state index contributed by atoms with van der Waals surface area (Å²) >= 11 is 0. The van der Waals surface area contributed by atoms with E-state index in [1.165, 1.54) is 0 Å². The summed E-state index contributed by atoms with van der Waals surface area (Å²) in [6.07, 6.45) is 0. The smallest absolute Gasteiger partial charge is 0.0855 e. The molecule has 3 rings (SSSR count). The number of hydrogen-bond acceptors (Lipinski definition) is 2. The van der Waals surface area contributed by atoms with Crippen molar-refractivity contribution in [2.75, 3.05) is 0 Å². The number of nitrogens with zero attached hydrogens (tertiary/aromatic N) is 1. The Kier molecular flexibility index (Phi) is 4.33. The molecule has 2 nitrogen and oxygen atoms in total. The molecule has 1 atom stereocenters. The van der Waals surface area contributed by atoms with Crippen molar-refractivity contribution in [2.24, 2.45) is 5.11 Å². The van der Waals surface area contributed by atoms with Gasteiger partial charge in [-0.1, -0.05) is 91.0 Å². The van der Waals surface area contributed by atoms with Crippen LogP contribution in [-0.4, -0.2) is 6.04 Å². The first kappa shape index (κ1) is 15.2. The third-order valence-corrected chi connectivity index (χ3v) is 4.51. The van der Waals surface area contributed by atoms with Crippen LogP contribution in [-0.2, 0) is 5.41 Å². The maximum atomic E-state index is 7.74. The summed E-state index contributed by atoms with van der Waals surface area (Å²) in [7, 11) is 0. The van der Waals surface area contributed by atoms with Crippen LogP contribution in [0.25, 0.3) is 0 Å². The molecule has 3 aromatic carbocycles. The molecule has 0 spiro atoms. The van der Waals surface area contributed by atoms with Gasteiger partial charge in [-0.05, 0) is 23.6 Å². The fourth-order valence-electron chi connectivity index (χ4n) is 3.42. The van der Waals surface area contributed by atoms with Crippen LogP contribution < -0.4 is 0 Å². The zero-order valence-electron chi connectivity index (χ0n) is 13.2. The fraction of sp³-hybridized carbons (Fsp3) is 0.143. The highest BCUT2D eigenvalue weighted by atomic mass is 15.0. The average Bonchev–Trinajstić information content (AvgIpc) is 2.65. The van der Waals surface area contributed by atoms with Crippen molar-refractivity contribution >= 4 is 0 Å². The maximum absolute atomic E-state index is 7.74. The SMILES string of the molecule is CC(N=N)C(c1ccccc1)(c1ccccc1)c1ccccc1. The molecule has 0 aliphatic carbocycles. The van der Waals surface area contributed by atoms with Crippen molar-refractivity contribution < 1.29 is 0 Å². The minimum atomic E-state index is -0.467. The number of rotatable bonds is 5. The zero-order chi connectivity index (χ0) is 16.1. The van der Waals surface area contributed by atoms with E-state index in [-0.39, 0.29) is 6.04 Å². The summed E-state index contributed by atoms with van der Waals surface area (Å²) in [5.41, 5.74) is 10.7. The molecule has 2 heteroatoms. The van der Waals surface area contributed by atoms with Gasteiger partial charge in [-0.2, -0.15) is 5.11 Å². The number of benzene rings is 3. The van der Waals surface area contributed by atoms with Gasteiger partial charge in [-0.25, -0.2) is 5.53 Å². The van der Waals surface area contributed by atoms with E-state index >= 15 is 0 Å². The van der Waals surface area contributed by atoms with Crippen LogP contribution in [0.4, 0.5) is 0 Å². The van der Waals surface area contributed by atoms with Crippen molar-refractivity contribution in [3.8, 4) is 0 Å². The van der Waals surface area contributed by atoms with Crippen LogP contribution in [0.5, 0.6) is 0 Å². The summed E-state index contributed by atoms with van der Waals surface area (Å²) in [6, 6.07) is 30.9. The van der Waals surface area contributed by atoms with Crippen molar-refractivity contribution in [1.29, 1.82) is 5.53 Å². The Hall–Kier alpha value is -2.74. The first-order valence-electron chi connectivity index (χ1n) is 7.83. The second-order valence-corrected chi connectivity index (χ2v) is 5.71. The van der Waals surface area contributed by atoms with E-state index < -0.39 is 5.41 Å². The Bertz CT molecular complexity index is 655. The quantitative estimate of drug-likeness (QED) is 0.481.